The first-order valence-corrected chi connectivity index (χ1v) is 10.9. The van der Waals surface area contributed by atoms with Gasteiger partial charge in [0, 0.05) is 4.88 Å². The third kappa shape index (κ3) is 3.54. The van der Waals surface area contributed by atoms with Crippen molar-refractivity contribution in [1.82, 2.24) is 4.98 Å². The number of hydrogen-bond donors (Lipinski definition) is 1. The largest absolute Gasteiger partial charge is 0.439 e. The Morgan fingerprint density at radius 1 is 1.22 bits per heavy atom. The van der Waals surface area contributed by atoms with Gasteiger partial charge in [0.1, 0.15) is 0 Å². The monoisotopic (exact) mass is 402 g/mol. The lowest BCUT2D eigenvalue weighted by Gasteiger charge is -2.15. The standard InChI is InChI=1S/C19H18N2O4S2/c1-12-7-8-14-16(11-12)26-19(20-14)21-18(22)15-9-10-17(25-15)27(23,24)13-5-3-2-4-6-13/h2-6,9-10,12H,7-8,11H2,1H3,(H,20,21,22). The molecule has 0 radical (unpaired) electrons. The predicted octanol–water partition coefficient (Wildman–Crippen LogP) is 3.95. The Hall–Kier alpha value is -2.45. The van der Waals surface area contributed by atoms with E-state index in [1.165, 1.54) is 40.5 Å². The second-order valence-electron chi connectivity index (χ2n) is 6.63. The minimum atomic E-state index is -3.79. The molecule has 1 unspecified atom stereocenters. The number of nitrogens with one attached hydrogen (secondary N) is 1. The number of anilines is 1. The normalized spacial score (nSPS) is 16.7. The van der Waals surface area contributed by atoms with E-state index in [1.54, 1.807) is 18.2 Å². The number of fused-ring (bicyclic) bond motifs is 1. The third-order valence-electron chi connectivity index (χ3n) is 4.53. The van der Waals surface area contributed by atoms with Crippen LogP contribution in [0.3, 0.4) is 0 Å². The van der Waals surface area contributed by atoms with Crippen molar-refractivity contribution in [2.24, 2.45) is 5.92 Å². The topological polar surface area (TPSA) is 89.3 Å². The first kappa shape index (κ1) is 17.9. The number of aryl methyl sites for hydroxylation is 1. The third-order valence-corrected chi connectivity index (χ3v) is 7.21. The van der Waals surface area contributed by atoms with Crippen LogP contribution in [-0.4, -0.2) is 19.3 Å². The molecule has 1 aliphatic rings. The van der Waals surface area contributed by atoms with Gasteiger partial charge in [-0.3, -0.25) is 10.1 Å². The molecule has 0 fully saturated rings. The van der Waals surface area contributed by atoms with Crippen LogP contribution in [-0.2, 0) is 22.7 Å². The number of rotatable bonds is 4. The van der Waals surface area contributed by atoms with Crippen LogP contribution in [0.4, 0.5) is 5.13 Å². The summed E-state index contributed by atoms with van der Waals surface area (Å²) in [6.07, 6.45) is 3.00. The molecule has 1 atom stereocenters. The molecule has 1 N–H and O–H groups in total. The number of amides is 1. The van der Waals surface area contributed by atoms with Crippen LogP contribution in [0.1, 0.15) is 34.5 Å². The molecule has 140 valence electrons. The zero-order valence-corrected chi connectivity index (χ0v) is 16.3. The van der Waals surface area contributed by atoms with Crippen LogP contribution in [0.5, 0.6) is 0 Å². The minimum Gasteiger partial charge on any atom is -0.439 e. The molecule has 0 bridgehead atoms. The minimum absolute atomic E-state index is 0.0638. The number of carbonyl (C=O) groups is 1. The predicted molar refractivity (Wildman–Crippen MR) is 102 cm³/mol. The molecule has 1 aliphatic carbocycles. The molecule has 27 heavy (non-hydrogen) atoms. The van der Waals surface area contributed by atoms with E-state index in [-0.39, 0.29) is 15.7 Å². The van der Waals surface area contributed by atoms with E-state index in [9.17, 15) is 13.2 Å². The Labute approximate surface area is 161 Å². The SMILES string of the molecule is CC1CCc2nc(NC(=O)c3ccc(S(=O)(=O)c4ccccc4)o3)sc2C1. The van der Waals surface area contributed by atoms with Gasteiger partial charge in [-0.05, 0) is 49.4 Å². The lowest BCUT2D eigenvalue weighted by Crippen LogP contribution is -2.11. The molecular weight excluding hydrogens is 384 g/mol. The fourth-order valence-corrected chi connectivity index (χ4v) is 5.42. The van der Waals surface area contributed by atoms with Crippen LogP contribution in [0.15, 0.2) is 56.9 Å². The van der Waals surface area contributed by atoms with Gasteiger partial charge in [0.15, 0.2) is 10.9 Å². The molecule has 0 aliphatic heterocycles. The van der Waals surface area contributed by atoms with Gasteiger partial charge >= 0.3 is 0 Å². The molecule has 1 amide bonds. The van der Waals surface area contributed by atoms with Crippen molar-refractivity contribution >= 4 is 32.2 Å². The summed E-state index contributed by atoms with van der Waals surface area (Å²) in [5, 5.41) is 2.97. The summed E-state index contributed by atoms with van der Waals surface area (Å²) in [6.45, 7) is 2.21. The number of furan rings is 1. The highest BCUT2D eigenvalue weighted by atomic mass is 32.2. The summed E-state index contributed by atoms with van der Waals surface area (Å²) < 4.78 is 30.4. The molecule has 2 aromatic heterocycles. The Morgan fingerprint density at radius 2 is 2.00 bits per heavy atom. The quantitative estimate of drug-likeness (QED) is 0.714. The maximum Gasteiger partial charge on any atom is 0.293 e. The number of nitrogens with zero attached hydrogens (tertiary/aromatic N) is 1. The van der Waals surface area contributed by atoms with E-state index < -0.39 is 15.7 Å². The Kier molecular flexibility index (Phi) is 4.61. The zero-order valence-electron chi connectivity index (χ0n) is 14.6. The van der Waals surface area contributed by atoms with Gasteiger partial charge in [-0.25, -0.2) is 13.4 Å². The first-order chi connectivity index (χ1) is 12.9. The van der Waals surface area contributed by atoms with Crippen molar-refractivity contribution in [3.8, 4) is 0 Å². The van der Waals surface area contributed by atoms with E-state index in [4.69, 9.17) is 4.42 Å². The summed E-state index contributed by atoms with van der Waals surface area (Å²) in [5.74, 6) is 0.0482. The van der Waals surface area contributed by atoms with E-state index in [2.05, 4.69) is 17.2 Å². The average molecular weight is 402 g/mol. The molecule has 0 saturated carbocycles. The molecule has 0 spiro atoms. The molecule has 0 saturated heterocycles. The molecule has 2 heterocycles. The Morgan fingerprint density at radius 3 is 2.78 bits per heavy atom. The van der Waals surface area contributed by atoms with Gasteiger partial charge in [0.2, 0.25) is 14.9 Å². The fraction of sp³-hybridized carbons (Fsp3) is 0.263. The van der Waals surface area contributed by atoms with Gasteiger partial charge < -0.3 is 4.42 Å². The van der Waals surface area contributed by atoms with Crippen LogP contribution in [0.2, 0.25) is 0 Å². The smallest absolute Gasteiger partial charge is 0.293 e. The number of hydrogen-bond acceptors (Lipinski definition) is 6. The van der Waals surface area contributed by atoms with Gasteiger partial charge in [0.05, 0.1) is 10.6 Å². The number of sulfone groups is 1. The molecule has 6 nitrogen and oxygen atoms in total. The van der Waals surface area contributed by atoms with Gasteiger partial charge in [0.25, 0.3) is 5.91 Å². The second-order valence-corrected chi connectivity index (χ2v) is 9.59. The maximum atomic E-state index is 12.6. The number of carbonyl (C=O) groups excluding carboxylic acids is 1. The molecular formula is C19H18N2O4S2. The summed E-state index contributed by atoms with van der Waals surface area (Å²) in [4.78, 5) is 18.2. The number of benzene rings is 1. The van der Waals surface area contributed by atoms with E-state index in [0.29, 0.717) is 11.0 Å². The van der Waals surface area contributed by atoms with Crippen LogP contribution < -0.4 is 5.32 Å². The van der Waals surface area contributed by atoms with Crippen LogP contribution in [0, 0.1) is 5.92 Å². The highest BCUT2D eigenvalue weighted by Gasteiger charge is 2.25. The number of aromatic nitrogens is 1. The lowest BCUT2D eigenvalue weighted by atomic mass is 9.93. The highest BCUT2D eigenvalue weighted by Crippen LogP contribution is 2.32. The van der Waals surface area contributed by atoms with Crippen molar-refractivity contribution < 1.29 is 17.6 Å². The second kappa shape index (κ2) is 6.94. The highest BCUT2D eigenvalue weighted by molar-refractivity contribution is 7.91. The summed E-state index contributed by atoms with van der Waals surface area (Å²) in [5.41, 5.74) is 1.04. The Balaban J connectivity index is 1.53. The average Bonchev–Trinajstić information content (AvgIpc) is 3.29. The van der Waals surface area contributed by atoms with Crippen molar-refractivity contribution in [1.29, 1.82) is 0 Å². The first-order valence-electron chi connectivity index (χ1n) is 8.63. The van der Waals surface area contributed by atoms with Crippen LogP contribution in [0.25, 0.3) is 0 Å². The molecule has 1 aromatic carbocycles. The van der Waals surface area contributed by atoms with Gasteiger partial charge in [-0.2, -0.15) is 0 Å². The van der Waals surface area contributed by atoms with Gasteiger partial charge in [-0.1, -0.05) is 25.1 Å². The summed E-state index contributed by atoms with van der Waals surface area (Å²) >= 11 is 1.47. The summed E-state index contributed by atoms with van der Waals surface area (Å²) in [6, 6.07) is 10.6. The van der Waals surface area contributed by atoms with Crippen molar-refractivity contribution in [3.05, 3.63) is 58.8 Å². The Bertz CT molecular complexity index is 1080. The molecule has 4 rings (SSSR count). The van der Waals surface area contributed by atoms with E-state index >= 15 is 0 Å². The van der Waals surface area contributed by atoms with Crippen LogP contribution >= 0.6 is 11.3 Å². The summed E-state index contributed by atoms with van der Waals surface area (Å²) in [7, 11) is -3.79. The lowest BCUT2D eigenvalue weighted by molar-refractivity contribution is 0.0991. The van der Waals surface area contributed by atoms with Crippen molar-refractivity contribution in [3.63, 3.8) is 0 Å². The molecule has 8 heteroatoms. The fourth-order valence-electron chi connectivity index (χ4n) is 3.05. The maximum absolute atomic E-state index is 12.6. The van der Waals surface area contributed by atoms with E-state index in [0.717, 1.165) is 25.0 Å². The molecule has 3 aromatic rings. The zero-order chi connectivity index (χ0) is 19.0. The van der Waals surface area contributed by atoms with E-state index in [1.807, 2.05) is 0 Å². The van der Waals surface area contributed by atoms with Crippen molar-refractivity contribution in [2.75, 3.05) is 5.32 Å². The van der Waals surface area contributed by atoms with Crippen molar-refractivity contribution in [2.45, 2.75) is 36.2 Å². The number of thiazole rings is 1. The van der Waals surface area contributed by atoms with Gasteiger partial charge in [-0.15, -0.1) is 11.3 Å².